The summed E-state index contributed by atoms with van der Waals surface area (Å²) in [7, 11) is 1.73. The van der Waals surface area contributed by atoms with Crippen LogP contribution < -0.4 is 0 Å². The topological polar surface area (TPSA) is 40.5 Å². The van der Waals surface area contributed by atoms with Crippen LogP contribution in [0.1, 0.15) is 20.3 Å². The van der Waals surface area contributed by atoms with Gasteiger partial charge in [-0.05, 0) is 26.3 Å². The molecule has 0 aliphatic carbocycles. The van der Waals surface area contributed by atoms with Crippen molar-refractivity contribution in [2.24, 2.45) is 0 Å². The highest BCUT2D eigenvalue weighted by Gasteiger charge is 2.04. The average Bonchev–Trinajstić information content (AvgIpc) is 2.00. The Labute approximate surface area is 73.7 Å². The van der Waals surface area contributed by atoms with Crippen LogP contribution in [-0.2, 0) is 4.79 Å². The standard InChI is InChI=1S/C9H17NO2/c1-4-5-9(12)10(3)7-6-8(2)11/h4-5,8,11H,6-7H2,1-3H3/b5-4+. The second-order valence-corrected chi connectivity index (χ2v) is 2.90. The van der Waals surface area contributed by atoms with Crippen molar-refractivity contribution < 1.29 is 9.90 Å². The van der Waals surface area contributed by atoms with Gasteiger partial charge in [-0.2, -0.15) is 0 Å². The minimum Gasteiger partial charge on any atom is -0.393 e. The van der Waals surface area contributed by atoms with Crippen molar-refractivity contribution in [3.05, 3.63) is 12.2 Å². The molecule has 1 unspecified atom stereocenters. The molecular formula is C9H17NO2. The van der Waals surface area contributed by atoms with Gasteiger partial charge in [-0.15, -0.1) is 0 Å². The summed E-state index contributed by atoms with van der Waals surface area (Å²) in [6, 6.07) is 0. The van der Waals surface area contributed by atoms with Crippen LogP contribution in [0.5, 0.6) is 0 Å². The molecule has 70 valence electrons. The third-order valence-electron chi connectivity index (χ3n) is 1.57. The van der Waals surface area contributed by atoms with Gasteiger partial charge in [0, 0.05) is 13.6 Å². The summed E-state index contributed by atoms with van der Waals surface area (Å²) in [6.07, 6.45) is 3.51. The number of nitrogens with zero attached hydrogens (tertiary/aromatic N) is 1. The first kappa shape index (κ1) is 11.2. The zero-order chi connectivity index (χ0) is 9.56. The van der Waals surface area contributed by atoms with E-state index in [2.05, 4.69) is 0 Å². The largest absolute Gasteiger partial charge is 0.393 e. The number of carbonyl (C=O) groups excluding carboxylic acids is 1. The quantitative estimate of drug-likeness (QED) is 0.635. The number of aliphatic hydroxyl groups excluding tert-OH is 1. The number of amides is 1. The van der Waals surface area contributed by atoms with E-state index in [1.807, 2.05) is 0 Å². The zero-order valence-electron chi connectivity index (χ0n) is 7.95. The van der Waals surface area contributed by atoms with Crippen LogP contribution in [0.15, 0.2) is 12.2 Å². The lowest BCUT2D eigenvalue weighted by atomic mass is 10.3. The molecule has 3 nitrogen and oxygen atoms in total. The van der Waals surface area contributed by atoms with E-state index in [1.165, 1.54) is 6.08 Å². The fourth-order valence-electron chi connectivity index (χ4n) is 0.760. The van der Waals surface area contributed by atoms with Gasteiger partial charge >= 0.3 is 0 Å². The monoisotopic (exact) mass is 171 g/mol. The third-order valence-corrected chi connectivity index (χ3v) is 1.57. The third kappa shape index (κ3) is 4.91. The van der Waals surface area contributed by atoms with Gasteiger partial charge in [-0.3, -0.25) is 4.79 Å². The van der Waals surface area contributed by atoms with Gasteiger partial charge in [0.1, 0.15) is 0 Å². The summed E-state index contributed by atoms with van der Waals surface area (Å²) in [5.41, 5.74) is 0. The van der Waals surface area contributed by atoms with Gasteiger partial charge in [0.2, 0.25) is 5.91 Å². The van der Waals surface area contributed by atoms with Crippen molar-refractivity contribution in [3.63, 3.8) is 0 Å². The van der Waals surface area contributed by atoms with Crippen LogP contribution in [0, 0.1) is 0 Å². The molecule has 0 aliphatic rings. The first-order valence-electron chi connectivity index (χ1n) is 4.13. The van der Waals surface area contributed by atoms with Crippen molar-refractivity contribution >= 4 is 5.91 Å². The van der Waals surface area contributed by atoms with Gasteiger partial charge in [-0.25, -0.2) is 0 Å². The average molecular weight is 171 g/mol. The van der Waals surface area contributed by atoms with Crippen LogP contribution in [0.25, 0.3) is 0 Å². The highest BCUT2D eigenvalue weighted by atomic mass is 16.3. The molecule has 1 amide bonds. The molecule has 1 atom stereocenters. The van der Waals surface area contributed by atoms with Crippen molar-refractivity contribution in [2.75, 3.05) is 13.6 Å². The van der Waals surface area contributed by atoms with Crippen LogP contribution in [0.3, 0.4) is 0 Å². The molecule has 3 heteroatoms. The molecule has 0 saturated carbocycles. The van der Waals surface area contributed by atoms with E-state index >= 15 is 0 Å². The number of carbonyl (C=O) groups is 1. The smallest absolute Gasteiger partial charge is 0.245 e. The van der Waals surface area contributed by atoms with Crippen LogP contribution in [0.2, 0.25) is 0 Å². The van der Waals surface area contributed by atoms with Crippen LogP contribution >= 0.6 is 0 Å². The summed E-state index contributed by atoms with van der Waals surface area (Å²) in [6.45, 7) is 4.12. The minimum atomic E-state index is -0.342. The van der Waals surface area contributed by atoms with Crippen LogP contribution in [0.4, 0.5) is 0 Å². The Balaban J connectivity index is 3.71. The zero-order valence-corrected chi connectivity index (χ0v) is 7.95. The summed E-state index contributed by atoms with van der Waals surface area (Å²) in [5.74, 6) is -0.0156. The number of rotatable bonds is 4. The molecule has 1 N–H and O–H groups in total. The Hall–Kier alpha value is -0.830. The lowest BCUT2D eigenvalue weighted by Gasteiger charge is -2.15. The summed E-state index contributed by atoms with van der Waals surface area (Å²) in [4.78, 5) is 12.7. The highest BCUT2D eigenvalue weighted by Crippen LogP contribution is 1.94. The predicted octanol–water partition coefficient (Wildman–Crippen LogP) is 0.792. The van der Waals surface area contributed by atoms with Crippen LogP contribution in [-0.4, -0.2) is 35.6 Å². The highest BCUT2D eigenvalue weighted by molar-refractivity contribution is 5.87. The molecule has 0 heterocycles. The second kappa shape index (κ2) is 5.77. The fraction of sp³-hybridized carbons (Fsp3) is 0.667. The van der Waals surface area contributed by atoms with Gasteiger partial charge in [-0.1, -0.05) is 6.08 Å². The molecule has 0 fully saturated rings. The van der Waals surface area contributed by atoms with Crippen molar-refractivity contribution in [2.45, 2.75) is 26.4 Å². The molecule has 0 saturated heterocycles. The lowest BCUT2D eigenvalue weighted by Crippen LogP contribution is -2.27. The molecule has 0 aromatic rings. The molecule has 0 radical (unpaired) electrons. The number of hydrogen-bond donors (Lipinski definition) is 1. The molecule has 0 aliphatic heterocycles. The first-order chi connectivity index (χ1) is 5.57. The molecule has 0 aromatic carbocycles. The van der Waals surface area contributed by atoms with Gasteiger partial charge in [0.05, 0.1) is 6.10 Å². The van der Waals surface area contributed by atoms with E-state index in [0.29, 0.717) is 13.0 Å². The lowest BCUT2D eigenvalue weighted by molar-refractivity contribution is -0.125. The first-order valence-corrected chi connectivity index (χ1v) is 4.13. The fourth-order valence-corrected chi connectivity index (χ4v) is 0.760. The summed E-state index contributed by atoms with van der Waals surface area (Å²) < 4.78 is 0. The van der Waals surface area contributed by atoms with E-state index in [0.717, 1.165) is 0 Å². The Morgan fingerprint density at radius 3 is 2.67 bits per heavy atom. The van der Waals surface area contributed by atoms with E-state index < -0.39 is 0 Å². The minimum absolute atomic E-state index is 0.0156. The predicted molar refractivity (Wildman–Crippen MR) is 48.7 cm³/mol. The van der Waals surface area contributed by atoms with Crippen molar-refractivity contribution in [1.82, 2.24) is 4.90 Å². The maximum absolute atomic E-state index is 11.1. The van der Waals surface area contributed by atoms with Crippen molar-refractivity contribution in [1.29, 1.82) is 0 Å². The molecule has 0 spiro atoms. The normalized spacial score (nSPS) is 13.3. The molecule has 12 heavy (non-hydrogen) atoms. The Kier molecular flexibility index (Phi) is 5.37. The molecule has 0 bridgehead atoms. The molecular weight excluding hydrogens is 154 g/mol. The van der Waals surface area contributed by atoms with Gasteiger partial charge in [0.25, 0.3) is 0 Å². The maximum Gasteiger partial charge on any atom is 0.245 e. The summed E-state index contributed by atoms with van der Waals surface area (Å²) >= 11 is 0. The van der Waals surface area contributed by atoms with Gasteiger partial charge < -0.3 is 10.0 Å². The van der Waals surface area contributed by atoms with E-state index in [4.69, 9.17) is 5.11 Å². The van der Waals surface area contributed by atoms with E-state index in [-0.39, 0.29) is 12.0 Å². The molecule has 0 rings (SSSR count). The number of allylic oxidation sites excluding steroid dienone is 1. The van der Waals surface area contributed by atoms with E-state index in [1.54, 1.807) is 31.9 Å². The Morgan fingerprint density at radius 1 is 1.67 bits per heavy atom. The van der Waals surface area contributed by atoms with Crippen molar-refractivity contribution in [3.8, 4) is 0 Å². The maximum atomic E-state index is 11.1. The second-order valence-electron chi connectivity index (χ2n) is 2.90. The van der Waals surface area contributed by atoms with E-state index in [9.17, 15) is 4.79 Å². The molecule has 0 aromatic heterocycles. The summed E-state index contributed by atoms with van der Waals surface area (Å²) in [5, 5.41) is 8.96. The Bertz CT molecular complexity index is 164. The number of likely N-dealkylation sites (N-methyl/N-ethyl adjacent to an activating group) is 1. The van der Waals surface area contributed by atoms with Gasteiger partial charge in [0.15, 0.2) is 0 Å². The number of aliphatic hydroxyl groups is 1. The Morgan fingerprint density at radius 2 is 2.25 bits per heavy atom. The number of hydrogen-bond acceptors (Lipinski definition) is 2. The SMILES string of the molecule is C/C=C/C(=O)N(C)CCC(C)O.